The van der Waals surface area contributed by atoms with Gasteiger partial charge in [0.05, 0.1) is 13.2 Å². The van der Waals surface area contributed by atoms with E-state index in [-0.39, 0.29) is 19.2 Å². The van der Waals surface area contributed by atoms with Gasteiger partial charge in [0.25, 0.3) is 0 Å². The number of thiophene rings is 1. The molecular formula is C18H22FN3O3S. The van der Waals surface area contributed by atoms with Crippen LogP contribution in [0.15, 0.2) is 34.0 Å². The predicted molar refractivity (Wildman–Crippen MR) is 98.8 cm³/mol. The van der Waals surface area contributed by atoms with Crippen molar-refractivity contribution in [2.45, 2.75) is 25.7 Å². The van der Waals surface area contributed by atoms with Crippen LogP contribution in [0.3, 0.4) is 0 Å². The quantitative estimate of drug-likeness (QED) is 0.549. The Morgan fingerprint density at radius 3 is 3.00 bits per heavy atom. The first kappa shape index (κ1) is 18.6. The number of nitrogens with zero attached hydrogens (tertiary/aromatic N) is 1. The highest BCUT2D eigenvalue weighted by Gasteiger charge is 2.24. The third-order valence-electron chi connectivity index (χ3n) is 4.16. The third kappa shape index (κ3) is 4.32. The molecule has 2 heterocycles. The van der Waals surface area contributed by atoms with E-state index in [0.717, 1.165) is 5.56 Å². The number of halogens is 1. The summed E-state index contributed by atoms with van der Waals surface area (Å²) in [4.78, 5) is 4.15. The van der Waals surface area contributed by atoms with E-state index in [2.05, 4.69) is 15.6 Å². The molecule has 0 aliphatic carbocycles. The van der Waals surface area contributed by atoms with Crippen LogP contribution in [0.1, 0.15) is 23.6 Å². The molecule has 0 saturated heterocycles. The molecule has 1 aromatic heterocycles. The van der Waals surface area contributed by atoms with Gasteiger partial charge in [-0.1, -0.05) is 0 Å². The van der Waals surface area contributed by atoms with Crippen molar-refractivity contribution in [1.29, 1.82) is 0 Å². The van der Waals surface area contributed by atoms with E-state index in [1.54, 1.807) is 14.0 Å². The van der Waals surface area contributed by atoms with Crippen molar-refractivity contribution in [1.82, 2.24) is 10.6 Å². The average Bonchev–Trinajstić information content (AvgIpc) is 3.17. The van der Waals surface area contributed by atoms with Gasteiger partial charge in [-0.05, 0) is 41.4 Å². The highest BCUT2D eigenvalue weighted by atomic mass is 32.1. The molecule has 0 spiro atoms. The number of rotatable bonds is 5. The van der Waals surface area contributed by atoms with Crippen LogP contribution in [0.2, 0.25) is 0 Å². The summed E-state index contributed by atoms with van der Waals surface area (Å²) in [7, 11) is 1.64. The van der Waals surface area contributed by atoms with Crippen LogP contribution in [0, 0.1) is 5.82 Å². The fourth-order valence-electron chi connectivity index (χ4n) is 2.72. The summed E-state index contributed by atoms with van der Waals surface area (Å²) in [6.07, 6.45) is 0. The molecule has 1 aliphatic rings. The van der Waals surface area contributed by atoms with Crippen LogP contribution >= 0.6 is 11.3 Å². The monoisotopic (exact) mass is 379 g/mol. The van der Waals surface area contributed by atoms with Crippen molar-refractivity contribution in [2.75, 3.05) is 20.4 Å². The Kier molecular flexibility index (Phi) is 5.75. The van der Waals surface area contributed by atoms with Crippen molar-refractivity contribution in [2.24, 2.45) is 4.99 Å². The molecule has 0 fully saturated rings. The minimum atomic E-state index is -1.02. The maximum Gasteiger partial charge on any atom is 0.191 e. The molecule has 3 rings (SSSR count). The molecule has 1 aliphatic heterocycles. The minimum absolute atomic E-state index is 0.155. The summed E-state index contributed by atoms with van der Waals surface area (Å²) in [5, 5.41) is 20.6. The summed E-state index contributed by atoms with van der Waals surface area (Å²) in [6, 6.07) is 4.75. The van der Waals surface area contributed by atoms with Gasteiger partial charge in [0.1, 0.15) is 17.2 Å². The lowest BCUT2D eigenvalue weighted by molar-refractivity contribution is -0.0173. The van der Waals surface area contributed by atoms with Gasteiger partial charge in [-0.15, -0.1) is 0 Å². The van der Waals surface area contributed by atoms with E-state index < -0.39 is 5.60 Å². The zero-order valence-corrected chi connectivity index (χ0v) is 15.5. The molecule has 2 aromatic rings. The zero-order valence-electron chi connectivity index (χ0n) is 14.7. The summed E-state index contributed by atoms with van der Waals surface area (Å²) in [6.45, 7) is 2.85. The van der Waals surface area contributed by atoms with E-state index in [4.69, 9.17) is 9.47 Å². The number of guanidine groups is 1. The van der Waals surface area contributed by atoms with Crippen molar-refractivity contribution in [3.05, 3.63) is 51.5 Å². The number of ether oxygens (including phenoxy) is 2. The van der Waals surface area contributed by atoms with Crippen molar-refractivity contribution < 1.29 is 19.0 Å². The van der Waals surface area contributed by atoms with Gasteiger partial charge in [-0.2, -0.15) is 11.3 Å². The van der Waals surface area contributed by atoms with E-state index in [9.17, 15) is 9.50 Å². The topological polar surface area (TPSA) is 75.1 Å². The summed E-state index contributed by atoms with van der Waals surface area (Å²) < 4.78 is 24.5. The van der Waals surface area contributed by atoms with E-state index in [0.29, 0.717) is 36.0 Å². The lowest BCUT2D eigenvalue weighted by atomic mass is 9.99. The number of benzene rings is 1. The predicted octanol–water partition coefficient (Wildman–Crippen LogP) is 2.33. The van der Waals surface area contributed by atoms with Gasteiger partial charge in [0.15, 0.2) is 12.8 Å². The van der Waals surface area contributed by atoms with Crippen LogP contribution < -0.4 is 15.4 Å². The Morgan fingerprint density at radius 2 is 2.27 bits per heavy atom. The number of aliphatic imine (C=N–C) groups is 1. The SMILES string of the molecule is CN=C(NCc1cc(F)cc2c1OCOC2)NCC(C)(O)c1ccsc1. The molecule has 8 heteroatoms. The molecule has 140 valence electrons. The van der Waals surface area contributed by atoms with Crippen molar-refractivity contribution in [3.63, 3.8) is 0 Å². The molecular weight excluding hydrogens is 357 g/mol. The number of aliphatic hydroxyl groups is 1. The van der Waals surface area contributed by atoms with Gasteiger partial charge >= 0.3 is 0 Å². The standard InChI is InChI=1S/C18H22FN3O3S/c1-18(23,14-3-4-26-9-14)10-22-17(20-2)21-7-12-5-15(19)6-13-8-24-11-25-16(12)13/h3-6,9,23H,7-8,10-11H2,1-2H3,(H2,20,21,22). The molecule has 1 unspecified atom stereocenters. The molecule has 0 amide bonds. The molecule has 26 heavy (non-hydrogen) atoms. The lowest BCUT2D eigenvalue weighted by Gasteiger charge is -2.25. The fourth-order valence-corrected chi connectivity index (χ4v) is 3.50. The number of nitrogens with one attached hydrogen (secondary N) is 2. The van der Waals surface area contributed by atoms with Crippen LogP contribution in [0.5, 0.6) is 5.75 Å². The Labute approximate surface area is 155 Å². The smallest absolute Gasteiger partial charge is 0.191 e. The summed E-state index contributed by atoms with van der Waals surface area (Å²) in [5.41, 5.74) is 1.21. The first-order chi connectivity index (χ1) is 12.5. The molecule has 0 bridgehead atoms. The second-order valence-electron chi connectivity index (χ2n) is 6.23. The van der Waals surface area contributed by atoms with Crippen molar-refractivity contribution in [3.8, 4) is 5.75 Å². The highest BCUT2D eigenvalue weighted by Crippen LogP contribution is 2.29. The maximum atomic E-state index is 13.8. The van der Waals surface area contributed by atoms with Crippen molar-refractivity contribution >= 4 is 17.3 Å². The van der Waals surface area contributed by atoms with E-state index in [1.807, 2.05) is 16.8 Å². The largest absolute Gasteiger partial charge is 0.467 e. The number of fused-ring (bicyclic) bond motifs is 1. The molecule has 1 aromatic carbocycles. The first-order valence-corrected chi connectivity index (χ1v) is 9.15. The summed E-state index contributed by atoms with van der Waals surface area (Å²) in [5.74, 6) is 0.814. The second kappa shape index (κ2) is 8.03. The molecule has 3 N–H and O–H groups in total. The lowest BCUT2D eigenvalue weighted by Crippen LogP contribution is -2.44. The normalized spacial score (nSPS) is 16.4. The van der Waals surface area contributed by atoms with Gasteiger partial charge in [-0.25, -0.2) is 4.39 Å². The maximum absolute atomic E-state index is 13.8. The average molecular weight is 379 g/mol. The van der Waals surface area contributed by atoms with Gasteiger partial charge < -0.3 is 25.2 Å². The number of hydrogen-bond donors (Lipinski definition) is 3. The summed E-state index contributed by atoms with van der Waals surface area (Å²) >= 11 is 1.54. The third-order valence-corrected chi connectivity index (χ3v) is 4.85. The van der Waals surface area contributed by atoms with Gasteiger partial charge in [0, 0.05) is 24.7 Å². The van der Waals surface area contributed by atoms with Crippen LogP contribution in [-0.4, -0.2) is 31.5 Å². The van der Waals surface area contributed by atoms with E-state index >= 15 is 0 Å². The van der Waals surface area contributed by atoms with Crippen LogP contribution in [-0.2, 0) is 23.5 Å². The molecule has 0 radical (unpaired) electrons. The highest BCUT2D eigenvalue weighted by molar-refractivity contribution is 7.08. The van der Waals surface area contributed by atoms with Crippen LogP contribution in [0.4, 0.5) is 4.39 Å². The van der Waals surface area contributed by atoms with Crippen LogP contribution in [0.25, 0.3) is 0 Å². The zero-order chi connectivity index (χ0) is 18.6. The Bertz CT molecular complexity index is 778. The van der Waals surface area contributed by atoms with Gasteiger partial charge in [-0.3, -0.25) is 4.99 Å². The molecule has 0 saturated carbocycles. The fraction of sp³-hybridized carbons (Fsp3) is 0.389. The minimum Gasteiger partial charge on any atom is -0.467 e. The number of hydrogen-bond acceptors (Lipinski definition) is 5. The first-order valence-electron chi connectivity index (χ1n) is 8.21. The Hall–Kier alpha value is -2.16. The molecule has 1 atom stereocenters. The van der Waals surface area contributed by atoms with Gasteiger partial charge in [0.2, 0.25) is 0 Å². The Balaban J connectivity index is 1.62. The Morgan fingerprint density at radius 1 is 1.42 bits per heavy atom. The van der Waals surface area contributed by atoms with E-state index in [1.165, 1.54) is 23.5 Å². The molecule has 6 nitrogen and oxygen atoms in total. The second-order valence-corrected chi connectivity index (χ2v) is 7.01.